The van der Waals surface area contributed by atoms with E-state index in [1.807, 2.05) is 0 Å². The summed E-state index contributed by atoms with van der Waals surface area (Å²) in [5.74, 6) is -0.140. The minimum Gasteiger partial charge on any atom is -0.505 e. The lowest BCUT2D eigenvalue weighted by atomic mass is 10.3. The van der Waals surface area contributed by atoms with Gasteiger partial charge in [-0.3, -0.25) is 4.52 Å². The van der Waals surface area contributed by atoms with Crippen LogP contribution in [0, 0.1) is 0 Å². The van der Waals surface area contributed by atoms with Gasteiger partial charge in [0.25, 0.3) is 0 Å². The summed E-state index contributed by atoms with van der Waals surface area (Å²) in [5, 5.41) is 10.1. The van der Waals surface area contributed by atoms with Crippen LogP contribution in [0.4, 0.5) is 0 Å². The van der Waals surface area contributed by atoms with E-state index in [4.69, 9.17) is 50.9 Å². The first-order valence-corrected chi connectivity index (χ1v) is 12.7. The number of hydrogen-bond acceptors (Lipinski definition) is 5. The van der Waals surface area contributed by atoms with E-state index in [9.17, 15) is 5.11 Å². The molecule has 1 N–H and O–H groups in total. The second-order valence-corrected chi connectivity index (χ2v) is 10.4. The van der Waals surface area contributed by atoms with E-state index in [0.717, 1.165) is 39.3 Å². The van der Waals surface area contributed by atoms with Gasteiger partial charge in [0.1, 0.15) is 20.1 Å². The molecule has 0 bridgehead atoms. The summed E-state index contributed by atoms with van der Waals surface area (Å²) in [5.41, 5.74) is 0. The zero-order valence-electron chi connectivity index (χ0n) is 17.4. The third kappa shape index (κ3) is 4.78. The van der Waals surface area contributed by atoms with Gasteiger partial charge in [-0.15, -0.1) is 14.0 Å². The van der Waals surface area contributed by atoms with Gasteiger partial charge < -0.3 is 5.11 Å². The molecule has 0 fully saturated rings. The Labute approximate surface area is 190 Å². The Balaban J connectivity index is 3.83. The number of phenolic OH excluding ortho intramolecular Hbond substituents is 1. The molecule has 0 saturated carbocycles. The number of phenols is 1. The van der Waals surface area contributed by atoms with E-state index in [-0.39, 0.29) is 31.6 Å². The molecule has 0 aliphatic rings. The molecule has 1 rings (SSSR count). The Morgan fingerprint density at radius 2 is 0.929 bits per heavy atom. The van der Waals surface area contributed by atoms with Gasteiger partial charge in [-0.25, -0.2) is 0 Å². The first kappa shape index (κ1) is 26.3. The monoisotopic (exact) mass is 492 g/mol. The Morgan fingerprint density at radius 1 is 0.643 bits per heavy atom. The fraction of sp³-hybridized carbons (Fsp3) is 0.667. The van der Waals surface area contributed by atoms with Gasteiger partial charge in [0.05, 0.1) is 0 Å². The molecule has 0 amide bonds. The van der Waals surface area contributed by atoms with Gasteiger partial charge in [0.2, 0.25) is 5.75 Å². The number of aromatic hydroxyl groups is 1. The summed E-state index contributed by atoms with van der Waals surface area (Å²) in [7, 11) is -2.52. The molecular weight excluding hydrogens is 463 g/mol. The molecule has 1 aromatic carbocycles. The lowest BCUT2D eigenvalue weighted by molar-refractivity contribution is 0.262. The van der Waals surface area contributed by atoms with Crippen LogP contribution in [-0.4, -0.2) is 58.4 Å². The molecule has 0 radical (unpaired) electrons. The minimum atomic E-state index is -2.52. The molecule has 0 heterocycles. The van der Waals surface area contributed by atoms with Gasteiger partial charge in [0, 0.05) is 39.3 Å². The van der Waals surface area contributed by atoms with Crippen molar-refractivity contribution in [2.24, 2.45) is 0 Å². The Bertz CT molecular complexity index is 594. The van der Waals surface area contributed by atoms with Crippen LogP contribution in [-0.2, 0) is 0 Å². The van der Waals surface area contributed by atoms with Crippen molar-refractivity contribution in [1.82, 2.24) is 14.0 Å². The molecule has 0 atom stereocenters. The zero-order chi connectivity index (χ0) is 21.6. The fourth-order valence-corrected chi connectivity index (χ4v) is 8.36. The predicted molar refractivity (Wildman–Crippen MR) is 124 cm³/mol. The molecule has 0 aliphatic carbocycles. The average molecular weight is 494 g/mol. The van der Waals surface area contributed by atoms with E-state index in [1.54, 1.807) is 0 Å². The van der Waals surface area contributed by atoms with Crippen molar-refractivity contribution in [1.29, 1.82) is 0 Å². The highest BCUT2D eigenvalue weighted by Gasteiger charge is 2.58. The van der Waals surface area contributed by atoms with Crippen LogP contribution in [0.3, 0.4) is 0 Å². The highest BCUT2D eigenvalue weighted by atomic mass is 35.5. The maximum Gasteiger partial charge on any atom is 0.417 e. The third-order valence-electron chi connectivity index (χ3n) is 4.71. The molecule has 0 aliphatic heterocycles. The summed E-state index contributed by atoms with van der Waals surface area (Å²) in [6.07, 6.45) is 0. The molecule has 0 aromatic heterocycles. The Hall–Kier alpha value is 0.290. The first-order valence-electron chi connectivity index (χ1n) is 9.61. The molecule has 0 unspecified atom stereocenters. The SMILES string of the molecule is CCN(CC)[P+](Oc1c(Cl)c(Cl)c(O)c(Cl)c1Cl)(N(CC)CC)N(CC)CC. The lowest BCUT2D eigenvalue weighted by Crippen LogP contribution is -2.48. The van der Waals surface area contributed by atoms with Crippen molar-refractivity contribution in [3.05, 3.63) is 20.1 Å². The fourth-order valence-electron chi connectivity index (χ4n) is 3.29. The smallest absolute Gasteiger partial charge is 0.417 e. The summed E-state index contributed by atoms with van der Waals surface area (Å²) >= 11 is 25.3. The molecule has 5 nitrogen and oxygen atoms in total. The molecule has 1 aromatic rings. The second-order valence-electron chi connectivity index (χ2n) is 5.95. The number of nitrogens with zero attached hydrogens (tertiary/aromatic N) is 3. The summed E-state index contributed by atoms with van der Waals surface area (Å²) in [6, 6.07) is 0. The van der Waals surface area contributed by atoms with Crippen molar-refractivity contribution in [3.8, 4) is 11.5 Å². The van der Waals surface area contributed by atoms with Crippen LogP contribution >= 0.6 is 54.3 Å². The summed E-state index contributed by atoms with van der Waals surface area (Å²) in [4.78, 5) is 0. The van der Waals surface area contributed by atoms with Crippen LogP contribution in [0.25, 0.3) is 0 Å². The Kier molecular flexibility index (Phi) is 10.9. The molecular formula is C18H31Cl4N3O2P+. The number of benzene rings is 1. The van der Waals surface area contributed by atoms with Crippen molar-refractivity contribution >= 4 is 54.3 Å². The van der Waals surface area contributed by atoms with Crippen molar-refractivity contribution in [3.63, 3.8) is 0 Å². The van der Waals surface area contributed by atoms with Crippen molar-refractivity contribution in [2.75, 3.05) is 39.3 Å². The highest BCUT2D eigenvalue weighted by molar-refractivity contribution is 7.64. The topological polar surface area (TPSA) is 39.2 Å². The van der Waals surface area contributed by atoms with Gasteiger partial charge in [-0.2, -0.15) is 0 Å². The normalized spacial score (nSPS) is 12.5. The molecule has 10 heteroatoms. The molecule has 162 valence electrons. The van der Waals surface area contributed by atoms with Crippen LogP contribution < -0.4 is 4.52 Å². The summed E-state index contributed by atoms with van der Waals surface area (Å²) in [6.45, 7) is 17.3. The van der Waals surface area contributed by atoms with Gasteiger partial charge in [0.15, 0.2) is 5.75 Å². The Morgan fingerprint density at radius 3 is 1.18 bits per heavy atom. The largest absolute Gasteiger partial charge is 0.505 e. The second kappa shape index (κ2) is 11.6. The van der Waals surface area contributed by atoms with E-state index < -0.39 is 7.94 Å². The predicted octanol–water partition coefficient (Wildman–Crippen LogP) is 7.09. The molecule has 0 spiro atoms. The van der Waals surface area contributed by atoms with Crippen LogP contribution in [0.2, 0.25) is 20.1 Å². The van der Waals surface area contributed by atoms with E-state index in [0.29, 0.717) is 0 Å². The van der Waals surface area contributed by atoms with E-state index >= 15 is 0 Å². The molecule has 0 saturated heterocycles. The number of halogens is 4. The minimum absolute atomic E-state index is 0.0596. The zero-order valence-corrected chi connectivity index (χ0v) is 21.3. The van der Waals surface area contributed by atoms with Crippen LogP contribution in [0.1, 0.15) is 41.5 Å². The highest BCUT2D eigenvalue weighted by Crippen LogP contribution is 2.69. The number of hydrogen-bond donors (Lipinski definition) is 1. The quantitative estimate of drug-likeness (QED) is 0.263. The van der Waals surface area contributed by atoms with Crippen molar-refractivity contribution in [2.45, 2.75) is 41.5 Å². The van der Waals surface area contributed by atoms with Gasteiger partial charge in [-0.05, 0) is 41.5 Å². The van der Waals surface area contributed by atoms with E-state index in [2.05, 4.69) is 55.6 Å². The maximum atomic E-state index is 10.1. The average Bonchev–Trinajstić information content (AvgIpc) is 2.70. The van der Waals surface area contributed by atoms with Gasteiger partial charge >= 0.3 is 7.94 Å². The lowest BCUT2D eigenvalue weighted by Gasteiger charge is -2.43. The summed E-state index contributed by atoms with van der Waals surface area (Å²) < 4.78 is 13.7. The maximum absolute atomic E-state index is 10.1. The van der Waals surface area contributed by atoms with E-state index in [1.165, 1.54) is 0 Å². The van der Waals surface area contributed by atoms with Crippen molar-refractivity contribution < 1.29 is 9.63 Å². The third-order valence-corrected chi connectivity index (χ3v) is 10.7. The van der Waals surface area contributed by atoms with Crippen LogP contribution in [0.15, 0.2) is 0 Å². The standard InChI is InChI=1S/C18H30Cl4N3O2P/c1-7-23(8-2)28(24(9-3)10-4,25(11-5)12-6)27-18-15(21)13(19)17(26)14(20)16(18)22/h7-12H2,1-6H3/p+1. The van der Waals surface area contributed by atoms with Gasteiger partial charge in [-0.1, -0.05) is 46.4 Å². The molecule has 28 heavy (non-hydrogen) atoms. The number of rotatable bonds is 11. The van der Waals surface area contributed by atoms with Crippen LogP contribution in [0.5, 0.6) is 11.5 Å². The first-order chi connectivity index (χ1) is 13.2.